The van der Waals surface area contributed by atoms with E-state index >= 15 is 0 Å². The third-order valence-electron chi connectivity index (χ3n) is 5.80. The first-order valence-electron chi connectivity index (χ1n) is 10.9. The molecule has 2 amide bonds. The molecule has 1 fully saturated rings. The number of aryl methyl sites for hydroxylation is 1. The van der Waals surface area contributed by atoms with E-state index in [0.29, 0.717) is 22.9 Å². The van der Waals surface area contributed by atoms with Crippen molar-refractivity contribution in [1.82, 2.24) is 0 Å². The molecule has 1 heterocycles. The van der Waals surface area contributed by atoms with Gasteiger partial charge in [0.05, 0.1) is 10.7 Å². The lowest BCUT2D eigenvalue weighted by molar-refractivity contribution is -0.385. The van der Waals surface area contributed by atoms with Gasteiger partial charge >= 0.3 is 0 Å². The van der Waals surface area contributed by atoms with Crippen molar-refractivity contribution in [2.45, 2.75) is 32.1 Å². The fraction of sp³-hybridized carbons (Fsp3) is 0.231. The van der Waals surface area contributed by atoms with Gasteiger partial charge in [-0.2, -0.15) is 0 Å². The molecule has 0 spiro atoms. The van der Waals surface area contributed by atoms with Crippen LogP contribution in [0.5, 0.6) is 0 Å². The molecule has 8 heteroatoms. The molecule has 0 bridgehead atoms. The van der Waals surface area contributed by atoms with Gasteiger partial charge in [-0.25, -0.2) is 0 Å². The van der Waals surface area contributed by atoms with Crippen molar-refractivity contribution < 1.29 is 14.5 Å². The largest absolute Gasteiger partial charge is 0.322 e. The molecule has 0 saturated carbocycles. The second-order valence-corrected chi connectivity index (χ2v) is 9.58. The number of hydrogen-bond acceptors (Lipinski definition) is 5. The zero-order chi connectivity index (χ0) is 24.4. The summed E-state index contributed by atoms with van der Waals surface area (Å²) >= 11 is 1.54. The summed E-state index contributed by atoms with van der Waals surface area (Å²) in [6, 6.07) is 19.8. The van der Waals surface area contributed by atoms with Gasteiger partial charge < -0.3 is 5.32 Å². The summed E-state index contributed by atoms with van der Waals surface area (Å²) in [5.74, 6) is 0.384. The van der Waals surface area contributed by atoms with Gasteiger partial charge in [0.15, 0.2) is 0 Å². The molecule has 7 nitrogen and oxygen atoms in total. The van der Waals surface area contributed by atoms with Crippen LogP contribution < -0.4 is 10.2 Å². The number of thioether (sulfide) groups is 1. The lowest BCUT2D eigenvalue weighted by atomic mass is 10.0. The molecule has 4 rings (SSSR count). The smallest absolute Gasteiger partial charge is 0.273 e. The van der Waals surface area contributed by atoms with E-state index in [-0.39, 0.29) is 22.5 Å². The highest BCUT2D eigenvalue weighted by atomic mass is 32.2. The minimum absolute atomic E-state index is 0.0358. The molecule has 1 atom stereocenters. The van der Waals surface area contributed by atoms with E-state index in [1.165, 1.54) is 23.4 Å². The summed E-state index contributed by atoms with van der Waals surface area (Å²) in [4.78, 5) is 38.0. The first-order valence-corrected chi connectivity index (χ1v) is 12.0. The summed E-state index contributed by atoms with van der Waals surface area (Å²) in [5, 5.41) is 13.8. The maximum Gasteiger partial charge on any atom is 0.273 e. The van der Waals surface area contributed by atoms with Crippen LogP contribution >= 0.6 is 11.8 Å². The number of benzene rings is 3. The third kappa shape index (κ3) is 4.82. The van der Waals surface area contributed by atoms with Crippen LogP contribution in [0.4, 0.5) is 17.1 Å². The van der Waals surface area contributed by atoms with E-state index in [1.54, 1.807) is 30.0 Å². The van der Waals surface area contributed by atoms with Crippen LogP contribution in [0, 0.1) is 17.0 Å². The maximum atomic E-state index is 12.8. The Balaban J connectivity index is 1.57. The summed E-state index contributed by atoms with van der Waals surface area (Å²) in [6.07, 6.45) is 0. The molecule has 174 valence electrons. The molecule has 1 aliphatic heterocycles. The number of nitrogens with zero attached hydrogens (tertiary/aromatic N) is 2. The number of carbonyl (C=O) groups excluding carboxylic acids is 2. The van der Waals surface area contributed by atoms with Gasteiger partial charge in [0, 0.05) is 28.6 Å². The van der Waals surface area contributed by atoms with Crippen molar-refractivity contribution in [1.29, 1.82) is 0 Å². The zero-order valence-electron chi connectivity index (χ0n) is 19.1. The fourth-order valence-electron chi connectivity index (χ4n) is 3.89. The predicted octanol–water partition coefficient (Wildman–Crippen LogP) is 6.06. The van der Waals surface area contributed by atoms with Crippen LogP contribution in [0.3, 0.4) is 0 Å². The maximum absolute atomic E-state index is 12.8. The number of nitrogens with one attached hydrogen (secondary N) is 1. The van der Waals surface area contributed by atoms with E-state index in [9.17, 15) is 19.7 Å². The van der Waals surface area contributed by atoms with Crippen LogP contribution in [-0.4, -0.2) is 22.5 Å². The molecule has 3 aromatic carbocycles. The topological polar surface area (TPSA) is 92.6 Å². The zero-order valence-corrected chi connectivity index (χ0v) is 20.0. The van der Waals surface area contributed by atoms with Crippen LogP contribution in [0.25, 0.3) is 0 Å². The van der Waals surface area contributed by atoms with Gasteiger partial charge in [0.1, 0.15) is 5.37 Å². The van der Waals surface area contributed by atoms with Gasteiger partial charge in [-0.3, -0.25) is 24.6 Å². The lowest BCUT2D eigenvalue weighted by Crippen LogP contribution is -2.27. The van der Waals surface area contributed by atoms with Gasteiger partial charge in [-0.05, 0) is 54.3 Å². The number of rotatable bonds is 6. The summed E-state index contributed by atoms with van der Waals surface area (Å²) in [6.45, 7) is 5.89. The highest BCUT2D eigenvalue weighted by Gasteiger charge is 2.34. The molecule has 0 aliphatic carbocycles. The molecular formula is C26H25N3O4S. The molecule has 1 unspecified atom stereocenters. The Morgan fingerprint density at radius 2 is 1.85 bits per heavy atom. The second-order valence-electron chi connectivity index (χ2n) is 8.51. The Hall–Kier alpha value is -3.65. The van der Waals surface area contributed by atoms with Crippen molar-refractivity contribution in [3.63, 3.8) is 0 Å². The Bertz CT molecular complexity index is 1260. The van der Waals surface area contributed by atoms with Crippen molar-refractivity contribution >= 4 is 40.6 Å². The molecule has 1 N–H and O–H groups in total. The van der Waals surface area contributed by atoms with Gasteiger partial charge in [-0.15, -0.1) is 11.8 Å². The molecular weight excluding hydrogens is 450 g/mol. The first-order chi connectivity index (χ1) is 16.2. The average Bonchev–Trinajstić information content (AvgIpc) is 3.20. The Morgan fingerprint density at radius 1 is 1.12 bits per heavy atom. The summed E-state index contributed by atoms with van der Waals surface area (Å²) < 4.78 is 0. The number of carbonyl (C=O) groups is 2. The molecule has 1 aliphatic rings. The fourth-order valence-corrected chi connectivity index (χ4v) is 5.06. The first kappa shape index (κ1) is 23.5. The highest BCUT2D eigenvalue weighted by Crippen LogP contribution is 2.42. The molecule has 1 saturated heterocycles. The number of amides is 2. The average molecular weight is 476 g/mol. The monoisotopic (exact) mass is 475 g/mol. The van der Waals surface area contributed by atoms with Gasteiger partial charge in [0.25, 0.3) is 11.6 Å². The molecule has 3 aromatic rings. The number of hydrogen-bond donors (Lipinski definition) is 1. The molecule has 0 aromatic heterocycles. The number of nitro benzene ring substituents is 1. The van der Waals surface area contributed by atoms with Crippen LogP contribution in [-0.2, 0) is 4.79 Å². The standard InChI is InChI=1S/C26H25N3O4S/c1-16(2)18-9-11-22(12-10-18)28-24(30)15-34-26(28)20-5-4-6-21(13-20)27-25(31)19-8-7-17(3)23(14-19)29(32)33/h4-14,16,26H,15H2,1-3H3,(H,27,31). The van der Waals surface area contributed by atoms with Crippen LogP contribution in [0.1, 0.15) is 52.2 Å². The predicted molar refractivity (Wildman–Crippen MR) is 135 cm³/mol. The van der Waals surface area contributed by atoms with Crippen molar-refractivity contribution in [2.24, 2.45) is 0 Å². The number of nitro groups is 1. The summed E-state index contributed by atoms with van der Waals surface area (Å²) in [5.41, 5.74) is 4.10. The minimum Gasteiger partial charge on any atom is -0.322 e. The normalized spacial score (nSPS) is 15.6. The quantitative estimate of drug-likeness (QED) is 0.346. The van der Waals surface area contributed by atoms with E-state index < -0.39 is 10.8 Å². The van der Waals surface area contributed by atoms with Crippen molar-refractivity contribution in [3.8, 4) is 0 Å². The Kier molecular flexibility index (Phi) is 6.70. The van der Waals surface area contributed by atoms with E-state index in [1.807, 2.05) is 42.5 Å². The van der Waals surface area contributed by atoms with E-state index in [4.69, 9.17) is 0 Å². The second kappa shape index (κ2) is 9.69. The number of anilines is 2. The van der Waals surface area contributed by atoms with Crippen LogP contribution in [0.15, 0.2) is 66.7 Å². The van der Waals surface area contributed by atoms with Crippen molar-refractivity contribution in [3.05, 3.63) is 99.1 Å². The van der Waals surface area contributed by atoms with Crippen molar-refractivity contribution in [2.75, 3.05) is 16.0 Å². The lowest BCUT2D eigenvalue weighted by Gasteiger charge is -2.25. The van der Waals surface area contributed by atoms with Crippen LogP contribution in [0.2, 0.25) is 0 Å². The van der Waals surface area contributed by atoms with Gasteiger partial charge in [0.2, 0.25) is 5.91 Å². The van der Waals surface area contributed by atoms with E-state index in [2.05, 4.69) is 19.2 Å². The van der Waals surface area contributed by atoms with E-state index in [0.717, 1.165) is 11.3 Å². The summed E-state index contributed by atoms with van der Waals surface area (Å²) in [7, 11) is 0. The minimum atomic E-state index is -0.497. The Morgan fingerprint density at radius 3 is 2.53 bits per heavy atom. The highest BCUT2D eigenvalue weighted by molar-refractivity contribution is 8.00. The third-order valence-corrected chi connectivity index (χ3v) is 7.02. The molecule has 0 radical (unpaired) electrons. The Labute approximate surface area is 202 Å². The molecule has 34 heavy (non-hydrogen) atoms. The van der Waals surface area contributed by atoms with Gasteiger partial charge in [-0.1, -0.05) is 44.2 Å². The SMILES string of the molecule is Cc1ccc(C(=O)Nc2cccc(C3SCC(=O)N3c3ccc(C(C)C)cc3)c2)cc1[N+](=O)[O-].